The number of rotatable bonds is 2. The van der Waals surface area contributed by atoms with Crippen molar-refractivity contribution >= 4 is 0 Å². The largest absolute Gasteiger partial charge is 0.396 e. The van der Waals surface area contributed by atoms with Crippen molar-refractivity contribution < 1.29 is 19.7 Å². The number of aliphatic hydroxyl groups excluding tert-OH is 2. The molecule has 112 valence electrons. The van der Waals surface area contributed by atoms with E-state index in [1.807, 2.05) is 26.0 Å². The first kappa shape index (κ1) is 15.4. The molecule has 0 bridgehead atoms. The molecule has 2 aliphatic rings. The van der Waals surface area contributed by atoms with Gasteiger partial charge in [-0.25, -0.2) is 0 Å². The van der Waals surface area contributed by atoms with E-state index in [4.69, 9.17) is 9.47 Å². The van der Waals surface area contributed by atoms with E-state index >= 15 is 0 Å². The predicted octanol–water partition coefficient (Wildman–Crippen LogP) is 1.87. The van der Waals surface area contributed by atoms with Crippen LogP contribution >= 0.6 is 0 Å². The fourth-order valence-electron chi connectivity index (χ4n) is 2.95. The van der Waals surface area contributed by atoms with Gasteiger partial charge >= 0.3 is 0 Å². The Bertz CT molecular complexity index is 420. The van der Waals surface area contributed by atoms with Gasteiger partial charge in [-0.2, -0.15) is 0 Å². The molecule has 3 rings (SSSR count). The minimum Gasteiger partial charge on any atom is -0.396 e. The molecule has 1 aromatic carbocycles. The summed E-state index contributed by atoms with van der Waals surface area (Å²) in [7, 11) is 0. The maximum absolute atomic E-state index is 9.33. The van der Waals surface area contributed by atoms with Crippen molar-refractivity contribution in [3.8, 4) is 0 Å². The number of hydrogen-bond donors (Lipinski definition) is 2. The first-order valence-electron chi connectivity index (χ1n) is 7.36. The van der Waals surface area contributed by atoms with Gasteiger partial charge in [-0.05, 0) is 11.1 Å². The van der Waals surface area contributed by atoms with Gasteiger partial charge in [0.05, 0.1) is 19.3 Å². The van der Waals surface area contributed by atoms with Crippen molar-refractivity contribution in [1.82, 2.24) is 0 Å². The lowest BCUT2D eigenvalue weighted by molar-refractivity contribution is -0.242. The quantitative estimate of drug-likeness (QED) is 0.868. The lowest BCUT2D eigenvalue weighted by Crippen LogP contribution is -2.39. The number of benzene rings is 1. The van der Waals surface area contributed by atoms with Gasteiger partial charge in [-0.3, -0.25) is 0 Å². The molecule has 2 aliphatic heterocycles. The second kappa shape index (κ2) is 6.68. The molecule has 0 radical (unpaired) electrons. The third-order valence-corrected chi connectivity index (χ3v) is 3.95. The van der Waals surface area contributed by atoms with Gasteiger partial charge in [0, 0.05) is 25.4 Å². The number of ether oxygens (including phenoxy) is 2. The molecule has 0 amide bonds. The van der Waals surface area contributed by atoms with E-state index in [-0.39, 0.29) is 25.2 Å². The monoisotopic (exact) mass is 280 g/mol. The maximum Gasteiger partial charge on any atom is 0.173 e. The number of fused-ring (bicyclic) bond motifs is 1. The smallest absolute Gasteiger partial charge is 0.173 e. The van der Waals surface area contributed by atoms with Crippen LogP contribution in [0.3, 0.4) is 0 Å². The SMILES string of the molecule is CC.OCC1CC2(Cc3ccccc3CO2)OC1CO. The molecule has 0 saturated carbocycles. The Morgan fingerprint density at radius 2 is 1.85 bits per heavy atom. The highest BCUT2D eigenvalue weighted by Gasteiger charge is 2.48. The molecule has 1 saturated heterocycles. The summed E-state index contributed by atoms with van der Waals surface area (Å²) in [5.74, 6) is -0.699. The minimum atomic E-state index is -0.658. The summed E-state index contributed by atoms with van der Waals surface area (Å²) in [4.78, 5) is 0. The first-order valence-corrected chi connectivity index (χ1v) is 7.36. The van der Waals surface area contributed by atoms with E-state index in [2.05, 4.69) is 12.1 Å². The number of hydrogen-bond acceptors (Lipinski definition) is 4. The molecule has 0 aromatic heterocycles. The van der Waals surface area contributed by atoms with Crippen LogP contribution in [0.4, 0.5) is 0 Å². The van der Waals surface area contributed by atoms with Gasteiger partial charge < -0.3 is 19.7 Å². The van der Waals surface area contributed by atoms with Crippen molar-refractivity contribution in [2.45, 2.75) is 45.2 Å². The van der Waals surface area contributed by atoms with Crippen molar-refractivity contribution in [2.75, 3.05) is 13.2 Å². The Hall–Kier alpha value is -0.940. The van der Waals surface area contributed by atoms with Gasteiger partial charge in [0.25, 0.3) is 0 Å². The van der Waals surface area contributed by atoms with E-state index in [1.165, 1.54) is 11.1 Å². The zero-order valence-electron chi connectivity index (χ0n) is 12.2. The molecular weight excluding hydrogens is 256 g/mol. The average molecular weight is 280 g/mol. The summed E-state index contributed by atoms with van der Waals surface area (Å²) in [6.07, 6.45) is 1.01. The number of aliphatic hydroxyl groups is 2. The van der Waals surface area contributed by atoms with Gasteiger partial charge in [-0.1, -0.05) is 38.1 Å². The first-order chi connectivity index (χ1) is 9.76. The highest BCUT2D eigenvalue weighted by Crippen LogP contribution is 2.41. The van der Waals surface area contributed by atoms with Crippen LogP contribution in [0.2, 0.25) is 0 Å². The molecule has 2 N–H and O–H groups in total. The highest BCUT2D eigenvalue weighted by molar-refractivity contribution is 5.29. The fraction of sp³-hybridized carbons (Fsp3) is 0.625. The standard InChI is InChI=1S/C14H18O4.C2H6/c15-7-12-6-14(18-13(12)8-16)5-10-3-1-2-4-11(10)9-17-14;1-2/h1-4,12-13,15-16H,5-9H2;1-2H3. The van der Waals surface area contributed by atoms with Crippen molar-refractivity contribution in [1.29, 1.82) is 0 Å². The van der Waals surface area contributed by atoms with Crippen LogP contribution in [0.25, 0.3) is 0 Å². The average Bonchev–Trinajstić information content (AvgIpc) is 2.87. The van der Waals surface area contributed by atoms with Crippen molar-refractivity contribution in [2.24, 2.45) is 5.92 Å². The summed E-state index contributed by atoms with van der Waals surface area (Å²) in [6, 6.07) is 8.16. The Labute approximate surface area is 120 Å². The summed E-state index contributed by atoms with van der Waals surface area (Å²) in [6.45, 7) is 4.49. The van der Waals surface area contributed by atoms with Crippen LogP contribution in [0, 0.1) is 5.92 Å². The lowest BCUT2D eigenvalue weighted by atomic mass is 9.91. The summed E-state index contributed by atoms with van der Waals surface area (Å²) in [5, 5.41) is 18.6. The second-order valence-corrected chi connectivity index (χ2v) is 5.13. The lowest BCUT2D eigenvalue weighted by Gasteiger charge is -2.34. The van der Waals surface area contributed by atoms with Crippen LogP contribution in [-0.4, -0.2) is 35.3 Å². The molecule has 4 heteroatoms. The highest BCUT2D eigenvalue weighted by atomic mass is 16.7. The van der Waals surface area contributed by atoms with Crippen molar-refractivity contribution in [3.63, 3.8) is 0 Å². The fourth-order valence-corrected chi connectivity index (χ4v) is 2.95. The normalized spacial score (nSPS) is 31.6. The Kier molecular flexibility index (Phi) is 5.16. The van der Waals surface area contributed by atoms with Gasteiger partial charge in [-0.15, -0.1) is 0 Å². The molecule has 2 heterocycles. The van der Waals surface area contributed by atoms with E-state index in [0.29, 0.717) is 19.4 Å². The molecule has 20 heavy (non-hydrogen) atoms. The topological polar surface area (TPSA) is 58.9 Å². The van der Waals surface area contributed by atoms with Crippen LogP contribution < -0.4 is 0 Å². The van der Waals surface area contributed by atoms with E-state index < -0.39 is 5.79 Å². The molecule has 3 atom stereocenters. The van der Waals surface area contributed by atoms with Gasteiger partial charge in [0.15, 0.2) is 5.79 Å². The zero-order chi connectivity index (χ0) is 14.6. The minimum absolute atomic E-state index is 0.0258. The van der Waals surface area contributed by atoms with Crippen LogP contribution in [-0.2, 0) is 22.5 Å². The van der Waals surface area contributed by atoms with E-state index in [0.717, 1.165) is 0 Å². The summed E-state index contributed by atoms with van der Waals surface area (Å²) < 4.78 is 11.7. The molecule has 4 nitrogen and oxygen atoms in total. The Balaban J connectivity index is 0.000000704. The predicted molar refractivity (Wildman–Crippen MR) is 76.2 cm³/mol. The van der Waals surface area contributed by atoms with E-state index in [9.17, 15) is 10.2 Å². The van der Waals surface area contributed by atoms with Crippen LogP contribution in [0.1, 0.15) is 31.4 Å². The third kappa shape index (κ3) is 2.88. The third-order valence-electron chi connectivity index (χ3n) is 3.95. The molecule has 3 unspecified atom stereocenters. The van der Waals surface area contributed by atoms with Crippen molar-refractivity contribution in [3.05, 3.63) is 35.4 Å². The Morgan fingerprint density at radius 3 is 2.45 bits per heavy atom. The van der Waals surface area contributed by atoms with Crippen LogP contribution in [0.5, 0.6) is 0 Å². The van der Waals surface area contributed by atoms with Gasteiger partial charge in [0.1, 0.15) is 0 Å². The molecular formula is C16H24O4. The van der Waals surface area contributed by atoms with E-state index in [1.54, 1.807) is 0 Å². The molecule has 1 spiro atoms. The summed E-state index contributed by atoms with van der Waals surface area (Å²) >= 11 is 0. The Morgan fingerprint density at radius 1 is 1.15 bits per heavy atom. The zero-order valence-corrected chi connectivity index (χ0v) is 12.2. The second-order valence-electron chi connectivity index (χ2n) is 5.13. The maximum atomic E-state index is 9.33. The molecule has 0 aliphatic carbocycles. The molecule has 1 fully saturated rings. The van der Waals surface area contributed by atoms with Crippen LogP contribution in [0.15, 0.2) is 24.3 Å². The summed E-state index contributed by atoms with van der Waals surface area (Å²) in [5.41, 5.74) is 2.43. The van der Waals surface area contributed by atoms with Gasteiger partial charge in [0.2, 0.25) is 0 Å². The molecule has 1 aromatic rings.